The van der Waals surface area contributed by atoms with E-state index in [0.29, 0.717) is 24.4 Å². The van der Waals surface area contributed by atoms with Gasteiger partial charge in [0.25, 0.3) is 5.91 Å². The van der Waals surface area contributed by atoms with Crippen molar-refractivity contribution < 1.29 is 19.1 Å². The lowest BCUT2D eigenvalue weighted by Crippen LogP contribution is -2.45. The van der Waals surface area contributed by atoms with Crippen molar-refractivity contribution in [1.82, 2.24) is 20.4 Å². The van der Waals surface area contributed by atoms with Crippen LogP contribution in [0.1, 0.15) is 17.2 Å². The smallest absolute Gasteiger partial charge is 0.322 e. The highest BCUT2D eigenvalue weighted by Crippen LogP contribution is 2.35. The van der Waals surface area contributed by atoms with Gasteiger partial charge in [-0.3, -0.25) is 14.5 Å². The number of benzene rings is 1. The van der Waals surface area contributed by atoms with E-state index < -0.39 is 6.04 Å². The van der Waals surface area contributed by atoms with Crippen LogP contribution in [0.3, 0.4) is 0 Å². The van der Waals surface area contributed by atoms with Gasteiger partial charge in [0.05, 0.1) is 30.5 Å². The Bertz CT molecular complexity index is 805. The van der Waals surface area contributed by atoms with E-state index in [1.807, 2.05) is 31.2 Å². The van der Waals surface area contributed by atoms with E-state index in [1.54, 1.807) is 14.2 Å². The van der Waals surface area contributed by atoms with E-state index in [-0.39, 0.29) is 30.9 Å². The Kier molecular flexibility index (Phi) is 5.46. The predicted octanol–water partition coefficient (Wildman–Crippen LogP) is 0.550. The lowest BCUT2D eigenvalue weighted by Gasteiger charge is -2.31. The minimum atomic E-state index is -0.516. The number of hydrogen-bond donors (Lipinski definition) is 2. The second kappa shape index (κ2) is 7.79. The molecule has 3 rings (SSSR count). The van der Waals surface area contributed by atoms with Crippen molar-refractivity contribution in [2.24, 2.45) is 0 Å². The lowest BCUT2D eigenvalue weighted by molar-refractivity contribution is -0.132. The van der Waals surface area contributed by atoms with E-state index in [0.717, 1.165) is 11.1 Å². The third kappa shape index (κ3) is 3.80. The average molecular weight is 372 g/mol. The molecule has 0 spiro atoms. The van der Waals surface area contributed by atoms with E-state index in [4.69, 9.17) is 4.74 Å². The third-order valence-corrected chi connectivity index (χ3v) is 4.77. The molecule has 27 heavy (non-hydrogen) atoms. The molecule has 1 atom stereocenters. The number of amides is 4. The molecule has 4 amide bonds. The molecule has 8 heteroatoms. The van der Waals surface area contributed by atoms with Crippen molar-refractivity contribution >= 4 is 17.8 Å². The second-order valence-corrected chi connectivity index (χ2v) is 6.72. The highest BCUT2D eigenvalue weighted by atomic mass is 16.5. The maximum Gasteiger partial charge on any atom is 0.322 e. The van der Waals surface area contributed by atoms with Gasteiger partial charge in [0.15, 0.2) is 0 Å². The first-order valence-corrected chi connectivity index (χ1v) is 8.81. The number of nitrogens with one attached hydrogen (secondary N) is 2. The van der Waals surface area contributed by atoms with Crippen LogP contribution in [0.15, 0.2) is 35.5 Å². The standard InChI is InChI=1S/C19H24N4O4/c1-12-5-4-6-13(9-12)17-16-14(22(2)19(26)21-17)10-23(18(16)25)11-15(24)20-7-8-27-3/h4-6,9,17H,7-8,10-11H2,1-3H3,(H,20,24)(H,21,26). The molecule has 0 aromatic heterocycles. The van der Waals surface area contributed by atoms with Gasteiger partial charge in [-0.25, -0.2) is 4.79 Å². The molecular weight excluding hydrogens is 348 g/mol. The number of carbonyl (C=O) groups is 3. The van der Waals surface area contributed by atoms with Crippen LogP contribution in [0.2, 0.25) is 0 Å². The molecule has 0 fully saturated rings. The summed E-state index contributed by atoms with van der Waals surface area (Å²) in [6, 6.07) is 6.92. The zero-order chi connectivity index (χ0) is 19.6. The summed E-state index contributed by atoms with van der Waals surface area (Å²) in [5.74, 6) is -0.487. The van der Waals surface area contributed by atoms with Crippen LogP contribution in [-0.2, 0) is 14.3 Å². The maximum absolute atomic E-state index is 13.0. The molecule has 0 bridgehead atoms. The second-order valence-electron chi connectivity index (χ2n) is 6.72. The number of carbonyl (C=O) groups excluding carboxylic acids is 3. The fourth-order valence-corrected chi connectivity index (χ4v) is 3.37. The highest BCUT2D eigenvalue weighted by Gasteiger charge is 2.43. The number of urea groups is 1. The summed E-state index contributed by atoms with van der Waals surface area (Å²) in [4.78, 5) is 40.4. The number of aryl methyl sites for hydroxylation is 1. The Morgan fingerprint density at radius 1 is 1.37 bits per heavy atom. The van der Waals surface area contributed by atoms with E-state index in [1.165, 1.54) is 9.80 Å². The topological polar surface area (TPSA) is 91.0 Å². The maximum atomic E-state index is 13.0. The molecule has 2 N–H and O–H groups in total. The molecule has 1 aromatic carbocycles. The quantitative estimate of drug-likeness (QED) is 0.714. The fourth-order valence-electron chi connectivity index (χ4n) is 3.37. The van der Waals surface area contributed by atoms with Crippen LogP contribution in [0.25, 0.3) is 0 Å². The zero-order valence-corrected chi connectivity index (χ0v) is 15.7. The summed E-state index contributed by atoms with van der Waals surface area (Å²) in [7, 11) is 3.19. The summed E-state index contributed by atoms with van der Waals surface area (Å²) >= 11 is 0. The first-order valence-electron chi connectivity index (χ1n) is 8.81. The van der Waals surface area contributed by atoms with Crippen LogP contribution in [-0.4, -0.2) is 68.0 Å². The molecule has 0 aliphatic carbocycles. The van der Waals surface area contributed by atoms with Crippen molar-refractivity contribution in [3.05, 3.63) is 46.7 Å². The Morgan fingerprint density at radius 3 is 2.85 bits per heavy atom. The molecule has 0 saturated carbocycles. The van der Waals surface area contributed by atoms with Crippen molar-refractivity contribution in [2.75, 3.05) is 40.4 Å². The zero-order valence-electron chi connectivity index (χ0n) is 15.7. The van der Waals surface area contributed by atoms with E-state index in [2.05, 4.69) is 10.6 Å². The molecular formula is C19H24N4O4. The molecule has 8 nitrogen and oxygen atoms in total. The Labute approximate surface area is 158 Å². The SMILES string of the molecule is COCCNC(=O)CN1CC2=C(C1=O)C(c1cccc(C)c1)NC(=O)N2C. The number of hydrogen-bond acceptors (Lipinski definition) is 4. The van der Waals surface area contributed by atoms with E-state index >= 15 is 0 Å². The molecule has 1 unspecified atom stereocenters. The number of nitrogens with zero attached hydrogens (tertiary/aromatic N) is 2. The number of likely N-dealkylation sites (N-methyl/N-ethyl adjacent to an activating group) is 1. The Morgan fingerprint density at radius 2 is 2.15 bits per heavy atom. The molecule has 0 saturated heterocycles. The minimum Gasteiger partial charge on any atom is -0.383 e. The van der Waals surface area contributed by atoms with Gasteiger partial charge in [0, 0.05) is 20.7 Å². The monoisotopic (exact) mass is 372 g/mol. The van der Waals surface area contributed by atoms with Crippen molar-refractivity contribution in [1.29, 1.82) is 0 Å². The minimum absolute atomic E-state index is 0.0574. The highest BCUT2D eigenvalue weighted by molar-refractivity contribution is 6.02. The van der Waals surface area contributed by atoms with Crippen LogP contribution in [0.4, 0.5) is 4.79 Å². The molecule has 2 aliphatic heterocycles. The summed E-state index contributed by atoms with van der Waals surface area (Å²) < 4.78 is 4.90. The normalized spacial score (nSPS) is 19.3. The first kappa shape index (κ1) is 18.9. The summed E-state index contributed by atoms with van der Waals surface area (Å²) in [5.41, 5.74) is 3.05. The lowest BCUT2D eigenvalue weighted by atomic mass is 9.95. The van der Waals surface area contributed by atoms with Crippen LogP contribution in [0, 0.1) is 6.92 Å². The van der Waals surface area contributed by atoms with Gasteiger partial charge < -0.3 is 20.3 Å². The first-order chi connectivity index (χ1) is 12.9. The molecule has 1 aromatic rings. The van der Waals surface area contributed by atoms with Crippen molar-refractivity contribution in [3.63, 3.8) is 0 Å². The van der Waals surface area contributed by atoms with Crippen LogP contribution >= 0.6 is 0 Å². The van der Waals surface area contributed by atoms with Gasteiger partial charge in [-0.2, -0.15) is 0 Å². The summed E-state index contributed by atoms with van der Waals surface area (Å²) in [5, 5.41) is 5.60. The van der Waals surface area contributed by atoms with Gasteiger partial charge in [-0.05, 0) is 12.5 Å². The van der Waals surface area contributed by atoms with Crippen LogP contribution < -0.4 is 10.6 Å². The average Bonchev–Trinajstić information content (AvgIpc) is 2.95. The molecule has 0 radical (unpaired) electrons. The molecule has 2 aliphatic rings. The third-order valence-electron chi connectivity index (χ3n) is 4.77. The molecule has 144 valence electrons. The summed E-state index contributed by atoms with van der Waals surface area (Å²) in [6.45, 7) is 2.93. The Hall–Kier alpha value is -2.87. The van der Waals surface area contributed by atoms with Gasteiger partial charge >= 0.3 is 6.03 Å². The number of ether oxygens (including phenoxy) is 1. The van der Waals surface area contributed by atoms with Gasteiger partial charge in [0.2, 0.25) is 5.91 Å². The largest absolute Gasteiger partial charge is 0.383 e. The van der Waals surface area contributed by atoms with Gasteiger partial charge in [-0.1, -0.05) is 29.8 Å². The van der Waals surface area contributed by atoms with Gasteiger partial charge in [-0.15, -0.1) is 0 Å². The van der Waals surface area contributed by atoms with Crippen molar-refractivity contribution in [3.8, 4) is 0 Å². The number of rotatable bonds is 6. The van der Waals surface area contributed by atoms with Gasteiger partial charge in [0.1, 0.15) is 6.54 Å². The fraction of sp³-hybridized carbons (Fsp3) is 0.421. The van der Waals surface area contributed by atoms with Crippen LogP contribution in [0.5, 0.6) is 0 Å². The predicted molar refractivity (Wildman–Crippen MR) is 98.7 cm³/mol. The number of methoxy groups -OCH3 is 1. The van der Waals surface area contributed by atoms with Crippen molar-refractivity contribution in [2.45, 2.75) is 13.0 Å². The Balaban J connectivity index is 1.82. The summed E-state index contributed by atoms with van der Waals surface area (Å²) in [6.07, 6.45) is 0. The molecule has 2 heterocycles. The van der Waals surface area contributed by atoms with E-state index in [9.17, 15) is 14.4 Å².